The van der Waals surface area contributed by atoms with E-state index in [1.165, 1.54) is 0 Å². The Kier molecular flexibility index (Phi) is 6.15. The highest BCUT2D eigenvalue weighted by Crippen LogP contribution is 2.36. The van der Waals surface area contributed by atoms with Gasteiger partial charge >= 0.3 is 0 Å². The van der Waals surface area contributed by atoms with E-state index in [0.717, 1.165) is 42.6 Å². The molecule has 1 atom stereocenters. The first-order valence-corrected chi connectivity index (χ1v) is 11.6. The van der Waals surface area contributed by atoms with E-state index in [1.54, 1.807) is 12.4 Å². The number of aromatic nitrogens is 3. The number of aryl methyl sites for hydroxylation is 1. The molecule has 0 unspecified atom stereocenters. The van der Waals surface area contributed by atoms with Gasteiger partial charge in [0.2, 0.25) is 17.6 Å². The Morgan fingerprint density at radius 1 is 1.15 bits per heavy atom. The quantitative estimate of drug-likeness (QED) is 0.625. The summed E-state index contributed by atoms with van der Waals surface area (Å²) in [5, 5.41) is 7.03. The molecule has 2 aromatic heterocycles. The molecule has 5 rings (SSSR count). The summed E-state index contributed by atoms with van der Waals surface area (Å²) in [5.41, 5.74) is 2.75. The molecular formula is C25H27N5O3. The Morgan fingerprint density at radius 3 is 2.82 bits per heavy atom. The average Bonchev–Trinajstić information content (AvgIpc) is 3.34. The van der Waals surface area contributed by atoms with Crippen molar-refractivity contribution in [2.45, 2.75) is 38.0 Å². The highest BCUT2D eigenvalue weighted by Gasteiger charge is 2.33. The maximum atomic E-state index is 12.7. The third kappa shape index (κ3) is 4.65. The van der Waals surface area contributed by atoms with E-state index in [1.807, 2.05) is 35.2 Å². The lowest BCUT2D eigenvalue weighted by Crippen LogP contribution is -2.43. The van der Waals surface area contributed by atoms with Crippen LogP contribution in [0.4, 0.5) is 0 Å². The van der Waals surface area contributed by atoms with Crippen LogP contribution >= 0.6 is 0 Å². The van der Waals surface area contributed by atoms with Crippen LogP contribution in [0.3, 0.4) is 0 Å². The molecule has 3 aromatic rings. The highest BCUT2D eigenvalue weighted by molar-refractivity contribution is 5.97. The van der Waals surface area contributed by atoms with Crippen molar-refractivity contribution in [2.75, 3.05) is 19.6 Å². The van der Waals surface area contributed by atoms with Gasteiger partial charge in [-0.1, -0.05) is 23.4 Å². The van der Waals surface area contributed by atoms with Crippen molar-refractivity contribution in [3.8, 4) is 11.4 Å². The van der Waals surface area contributed by atoms with Gasteiger partial charge in [-0.05, 0) is 48.9 Å². The summed E-state index contributed by atoms with van der Waals surface area (Å²) < 4.78 is 5.32. The normalized spacial score (nSPS) is 18.6. The zero-order valence-electron chi connectivity index (χ0n) is 18.4. The Hall–Kier alpha value is -3.55. The summed E-state index contributed by atoms with van der Waals surface area (Å²) in [4.78, 5) is 35.3. The molecule has 2 amide bonds. The summed E-state index contributed by atoms with van der Waals surface area (Å²) in [6.45, 7) is 2.21. The van der Waals surface area contributed by atoms with Crippen LogP contribution in [0.5, 0.6) is 0 Å². The summed E-state index contributed by atoms with van der Waals surface area (Å²) in [6, 6.07) is 11.6. The zero-order chi connectivity index (χ0) is 22.6. The Labute approximate surface area is 192 Å². The van der Waals surface area contributed by atoms with E-state index in [4.69, 9.17) is 4.52 Å². The number of carbonyl (C=O) groups is 2. The molecule has 0 aliphatic carbocycles. The van der Waals surface area contributed by atoms with Crippen molar-refractivity contribution in [1.29, 1.82) is 0 Å². The molecule has 2 aliphatic rings. The standard InChI is InChI=1S/C25H27N5O3/c31-23(9-3-8-22-28-24(29-33-22)18-5-4-12-26-15-18)30-13-10-17(11-14-30)21-16-27-25(32)20-7-2-1-6-19(20)21/h1-2,4-7,12,15,17,21H,3,8-11,13-14,16H2,(H,27,32)/t21-/m1/s1. The molecule has 33 heavy (non-hydrogen) atoms. The third-order valence-electron chi connectivity index (χ3n) is 6.72. The van der Waals surface area contributed by atoms with Crippen LogP contribution in [0, 0.1) is 5.92 Å². The van der Waals surface area contributed by atoms with Crippen LogP contribution in [0.1, 0.15) is 53.4 Å². The van der Waals surface area contributed by atoms with Crippen molar-refractivity contribution in [2.24, 2.45) is 5.92 Å². The first-order chi connectivity index (χ1) is 16.2. The van der Waals surface area contributed by atoms with Crippen molar-refractivity contribution in [1.82, 2.24) is 25.3 Å². The van der Waals surface area contributed by atoms with Gasteiger partial charge in [0.25, 0.3) is 5.91 Å². The summed E-state index contributed by atoms with van der Waals surface area (Å²) in [6.07, 6.45) is 7.03. The first-order valence-electron chi connectivity index (χ1n) is 11.6. The molecule has 1 fully saturated rings. The fourth-order valence-electron chi connectivity index (χ4n) is 4.92. The number of hydrogen-bond acceptors (Lipinski definition) is 6. The topological polar surface area (TPSA) is 101 Å². The number of piperidine rings is 1. The molecule has 0 bridgehead atoms. The summed E-state index contributed by atoms with van der Waals surface area (Å²) in [5.74, 6) is 2.05. The number of fused-ring (bicyclic) bond motifs is 1. The Morgan fingerprint density at radius 2 is 2.00 bits per heavy atom. The number of nitrogens with zero attached hydrogens (tertiary/aromatic N) is 4. The maximum Gasteiger partial charge on any atom is 0.251 e. The van der Waals surface area contributed by atoms with Gasteiger partial charge in [0.15, 0.2) is 0 Å². The smallest absolute Gasteiger partial charge is 0.251 e. The Balaban J connectivity index is 1.10. The molecular weight excluding hydrogens is 418 g/mol. The van der Waals surface area contributed by atoms with E-state index in [9.17, 15) is 9.59 Å². The number of amides is 2. The van der Waals surface area contributed by atoms with Gasteiger partial charge in [-0.2, -0.15) is 4.98 Å². The Bertz CT molecular complexity index is 1120. The molecule has 8 heteroatoms. The predicted molar refractivity (Wildman–Crippen MR) is 121 cm³/mol. The second kappa shape index (κ2) is 9.52. The molecule has 1 N–H and O–H groups in total. The van der Waals surface area contributed by atoms with Crippen LogP contribution in [-0.4, -0.2) is 51.5 Å². The van der Waals surface area contributed by atoms with Crippen LogP contribution in [-0.2, 0) is 11.2 Å². The molecule has 2 aliphatic heterocycles. The van der Waals surface area contributed by atoms with Crippen molar-refractivity contribution in [3.63, 3.8) is 0 Å². The summed E-state index contributed by atoms with van der Waals surface area (Å²) in [7, 11) is 0. The van der Waals surface area contributed by atoms with E-state index in [-0.39, 0.29) is 11.8 Å². The zero-order valence-corrected chi connectivity index (χ0v) is 18.4. The number of likely N-dealkylation sites (tertiary alicyclic amines) is 1. The number of hydrogen-bond donors (Lipinski definition) is 1. The highest BCUT2D eigenvalue weighted by atomic mass is 16.5. The van der Waals surface area contributed by atoms with Crippen molar-refractivity contribution < 1.29 is 14.1 Å². The molecule has 1 aromatic carbocycles. The number of pyridine rings is 1. The van der Waals surface area contributed by atoms with Crippen LogP contribution in [0.15, 0.2) is 53.3 Å². The predicted octanol–water partition coefficient (Wildman–Crippen LogP) is 3.22. The van der Waals surface area contributed by atoms with Gasteiger partial charge in [-0.25, -0.2) is 0 Å². The molecule has 0 spiro atoms. The lowest BCUT2D eigenvalue weighted by atomic mass is 9.76. The van der Waals surface area contributed by atoms with Gasteiger partial charge in [-0.15, -0.1) is 0 Å². The second-order valence-electron chi connectivity index (χ2n) is 8.73. The van der Waals surface area contributed by atoms with E-state index in [2.05, 4.69) is 26.5 Å². The molecule has 0 saturated carbocycles. The molecule has 4 heterocycles. The number of carbonyl (C=O) groups excluding carboxylic acids is 2. The largest absolute Gasteiger partial charge is 0.351 e. The van der Waals surface area contributed by atoms with Gasteiger partial charge in [0.1, 0.15) is 0 Å². The van der Waals surface area contributed by atoms with E-state index >= 15 is 0 Å². The van der Waals surface area contributed by atoms with E-state index < -0.39 is 0 Å². The van der Waals surface area contributed by atoms with Crippen LogP contribution < -0.4 is 5.32 Å². The molecule has 1 saturated heterocycles. The van der Waals surface area contributed by atoms with Crippen molar-refractivity contribution in [3.05, 3.63) is 65.8 Å². The molecule has 8 nitrogen and oxygen atoms in total. The van der Waals surface area contributed by atoms with Gasteiger partial charge in [-0.3, -0.25) is 14.6 Å². The minimum absolute atomic E-state index is 0.0169. The maximum absolute atomic E-state index is 12.7. The minimum atomic E-state index is 0.0169. The first kappa shape index (κ1) is 21.3. The monoisotopic (exact) mass is 445 g/mol. The fourth-order valence-corrected chi connectivity index (χ4v) is 4.92. The lowest BCUT2D eigenvalue weighted by molar-refractivity contribution is -0.132. The number of benzene rings is 1. The number of nitrogens with one attached hydrogen (secondary N) is 1. The SMILES string of the molecule is O=C1NC[C@H](C2CCN(C(=O)CCCc3nc(-c4cccnc4)no3)CC2)c2ccccc21. The van der Waals surface area contributed by atoms with Crippen LogP contribution in [0.2, 0.25) is 0 Å². The third-order valence-corrected chi connectivity index (χ3v) is 6.72. The molecule has 0 radical (unpaired) electrons. The van der Waals surface area contributed by atoms with Gasteiger partial charge < -0.3 is 14.7 Å². The van der Waals surface area contributed by atoms with Gasteiger partial charge in [0.05, 0.1) is 0 Å². The van der Waals surface area contributed by atoms with Gasteiger partial charge in [0, 0.05) is 61.9 Å². The minimum Gasteiger partial charge on any atom is -0.351 e. The second-order valence-corrected chi connectivity index (χ2v) is 8.73. The summed E-state index contributed by atoms with van der Waals surface area (Å²) >= 11 is 0. The van der Waals surface area contributed by atoms with E-state index in [0.29, 0.717) is 49.4 Å². The number of rotatable bonds is 6. The van der Waals surface area contributed by atoms with Crippen molar-refractivity contribution >= 4 is 11.8 Å². The lowest BCUT2D eigenvalue weighted by Gasteiger charge is -2.38. The molecule has 170 valence electrons. The van der Waals surface area contributed by atoms with Crippen LogP contribution in [0.25, 0.3) is 11.4 Å². The average molecular weight is 446 g/mol. The fraction of sp³-hybridized carbons (Fsp3) is 0.400.